The molecule has 0 spiro atoms. The maximum absolute atomic E-state index is 12.1. The Morgan fingerprint density at radius 2 is 1.96 bits per heavy atom. The summed E-state index contributed by atoms with van der Waals surface area (Å²) in [5, 5.41) is 6.69. The molecule has 5 nitrogen and oxygen atoms in total. The number of carbonyl (C=O) groups is 1. The van der Waals surface area contributed by atoms with Gasteiger partial charge >= 0.3 is 0 Å². The first-order valence-electron chi connectivity index (χ1n) is 8.66. The molecule has 0 saturated carbocycles. The van der Waals surface area contributed by atoms with Gasteiger partial charge in [-0.1, -0.05) is 35.5 Å². The van der Waals surface area contributed by atoms with E-state index in [1.165, 1.54) is 5.70 Å². The van der Waals surface area contributed by atoms with Crippen molar-refractivity contribution in [2.45, 2.75) is 6.42 Å². The van der Waals surface area contributed by atoms with Crippen LogP contribution in [-0.4, -0.2) is 35.7 Å². The fourth-order valence-electron chi connectivity index (χ4n) is 2.91. The van der Waals surface area contributed by atoms with Crippen molar-refractivity contribution in [3.63, 3.8) is 0 Å². The summed E-state index contributed by atoms with van der Waals surface area (Å²) in [7, 11) is 0. The maximum Gasteiger partial charge on any atom is 0.262 e. The number of thioether (sulfide) groups is 1. The maximum atomic E-state index is 12.1. The van der Waals surface area contributed by atoms with E-state index >= 15 is 0 Å². The predicted octanol–water partition coefficient (Wildman–Crippen LogP) is 4.46. The van der Waals surface area contributed by atoms with E-state index in [1.54, 1.807) is 36.0 Å². The van der Waals surface area contributed by atoms with Gasteiger partial charge in [0, 0.05) is 29.2 Å². The summed E-state index contributed by atoms with van der Waals surface area (Å²) in [5.41, 5.74) is 3.02. The Morgan fingerprint density at radius 1 is 1.19 bits per heavy atom. The third-order valence-electron chi connectivity index (χ3n) is 4.23. The highest BCUT2D eigenvalue weighted by Crippen LogP contribution is 2.35. The van der Waals surface area contributed by atoms with Gasteiger partial charge in [0.15, 0.2) is 11.8 Å². The third kappa shape index (κ3) is 4.28. The van der Waals surface area contributed by atoms with Gasteiger partial charge in [-0.3, -0.25) is 9.79 Å². The zero-order valence-corrected chi connectivity index (χ0v) is 16.1. The molecule has 0 aromatic heterocycles. The molecular formula is C20H18ClN3O2S. The van der Waals surface area contributed by atoms with Crippen molar-refractivity contribution in [3.05, 3.63) is 64.5 Å². The first kappa shape index (κ1) is 17.9. The topological polar surface area (TPSA) is 53.9 Å². The molecule has 2 heterocycles. The van der Waals surface area contributed by atoms with Crippen LogP contribution < -0.4 is 10.1 Å². The highest BCUT2D eigenvalue weighted by molar-refractivity contribution is 8.16. The van der Waals surface area contributed by atoms with Gasteiger partial charge in [0.2, 0.25) is 0 Å². The molecular weight excluding hydrogens is 382 g/mol. The van der Waals surface area contributed by atoms with E-state index in [0.717, 1.165) is 35.9 Å². The summed E-state index contributed by atoms with van der Waals surface area (Å²) in [6.07, 6.45) is 1.07. The molecule has 1 amide bonds. The Morgan fingerprint density at radius 3 is 2.74 bits per heavy atom. The number of hydrogen-bond acceptors (Lipinski definition) is 5. The highest BCUT2D eigenvalue weighted by atomic mass is 35.5. The van der Waals surface area contributed by atoms with Crippen molar-refractivity contribution in [2.75, 3.05) is 25.0 Å². The molecule has 7 heteroatoms. The number of fused-ring (bicyclic) bond motifs is 1. The summed E-state index contributed by atoms with van der Waals surface area (Å²) in [6.45, 7) is 1.85. The van der Waals surface area contributed by atoms with Crippen LogP contribution in [0.5, 0.6) is 5.75 Å². The van der Waals surface area contributed by atoms with Crippen LogP contribution in [0.4, 0.5) is 5.69 Å². The van der Waals surface area contributed by atoms with Crippen LogP contribution in [0.3, 0.4) is 0 Å². The molecule has 27 heavy (non-hydrogen) atoms. The van der Waals surface area contributed by atoms with Crippen LogP contribution in [0.2, 0.25) is 5.02 Å². The van der Waals surface area contributed by atoms with Crippen LogP contribution in [0.1, 0.15) is 12.0 Å². The molecule has 2 aromatic rings. The van der Waals surface area contributed by atoms with Crippen LogP contribution in [0.15, 0.2) is 58.9 Å². The lowest BCUT2D eigenvalue weighted by Crippen LogP contribution is -2.28. The summed E-state index contributed by atoms with van der Waals surface area (Å²) in [6, 6.07) is 14.7. The summed E-state index contributed by atoms with van der Waals surface area (Å²) in [5.74, 6) is 0.397. The summed E-state index contributed by atoms with van der Waals surface area (Å²) < 4.78 is 5.46. The Labute approximate surface area is 167 Å². The van der Waals surface area contributed by atoms with E-state index in [1.807, 2.05) is 24.3 Å². The quantitative estimate of drug-likeness (QED) is 0.806. The predicted molar refractivity (Wildman–Crippen MR) is 111 cm³/mol. The van der Waals surface area contributed by atoms with E-state index in [0.29, 0.717) is 10.8 Å². The minimum absolute atomic E-state index is 0.0568. The van der Waals surface area contributed by atoms with Gasteiger partial charge in [-0.25, -0.2) is 0 Å². The van der Waals surface area contributed by atoms with Crippen molar-refractivity contribution in [2.24, 2.45) is 4.99 Å². The Bertz CT molecular complexity index is 894. The first-order valence-corrected chi connectivity index (χ1v) is 9.92. The smallest absolute Gasteiger partial charge is 0.262 e. The van der Waals surface area contributed by atoms with Crippen LogP contribution >= 0.6 is 23.4 Å². The van der Waals surface area contributed by atoms with Gasteiger partial charge < -0.3 is 15.0 Å². The number of ether oxygens (including phenoxy) is 1. The van der Waals surface area contributed by atoms with Crippen LogP contribution in [-0.2, 0) is 4.79 Å². The first-order chi connectivity index (χ1) is 13.2. The summed E-state index contributed by atoms with van der Waals surface area (Å²) in [4.78, 5) is 18.9. The molecule has 0 radical (unpaired) electrons. The van der Waals surface area contributed by atoms with Gasteiger partial charge in [0.1, 0.15) is 5.75 Å². The van der Waals surface area contributed by atoms with Gasteiger partial charge in [0.25, 0.3) is 5.91 Å². The molecule has 0 bridgehead atoms. The van der Waals surface area contributed by atoms with Gasteiger partial charge in [-0.05, 0) is 48.4 Å². The molecule has 2 aromatic carbocycles. The molecule has 0 fully saturated rings. The Kier molecular flexibility index (Phi) is 5.36. The highest BCUT2D eigenvalue weighted by Gasteiger charge is 2.25. The molecule has 0 saturated heterocycles. The van der Waals surface area contributed by atoms with Crippen LogP contribution in [0, 0.1) is 0 Å². The zero-order valence-electron chi connectivity index (χ0n) is 14.5. The number of aliphatic imine (C=N–C) groups is 1. The number of rotatable bonds is 5. The average molecular weight is 400 g/mol. The standard InChI is InChI=1S/C20H18ClN3O2S/c21-15-4-8-17(9-5-15)26-12-19(25)23-16-6-2-14(3-7-16)18-13-27-20-22-10-1-11-24(18)20/h2-9,13H,1,10-12H2,(H,23,25). The van der Waals surface area contributed by atoms with Crippen molar-refractivity contribution in [3.8, 4) is 5.75 Å². The molecule has 0 atom stereocenters. The monoisotopic (exact) mass is 399 g/mol. The average Bonchev–Trinajstić information content (AvgIpc) is 3.12. The Balaban J connectivity index is 1.34. The second kappa shape index (κ2) is 8.06. The number of benzene rings is 2. The van der Waals surface area contributed by atoms with Crippen molar-refractivity contribution in [1.29, 1.82) is 0 Å². The summed E-state index contributed by atoms with van der Waals surface area (Å²) >= 11 is 7.50. The lowest BCUT2D eigenvalue weighted by Gasteiger charge is -2.25. The number of anilines is 1. The van der Waals surface area contributed by atoms with Crippen molar-refractivity contribution < 1.29 is 9.53 Å². The number of nitrogens with zero attached hydrogens (tertiary/aromatic N) is 2. The zero-order chi connectivity index (χ0) is 18.6. The number of hydrogen-bond donors (Lipinski definition) is 1. The molecule has 4 rings (SSSR count). The number of amidine groups is 1. The number of carbonyl (C=O) groups excluding carboxylic acids is 1. The van der Waals surface area contributed by atoms with E-state index in [2.05, 4.69) is 20.6 Å². The third-order valence-corrected chi connectivity index (χ3v) is 5.39. The SMILES string of the molecule is O=C(COc1ccc(Cl)cc1)Nc1ccc(C2=CSC3=NCCCN23)cc1. The molecule has 0 aliphatic carbocycles. The largest absolute Gasteiger partial charge is 0.484 e. The van der Waals surface area contributed by atoms with E-state index in [4.69, 9.17) is 16.3 Å². The van der Waals surface area contributed by atoms with E-state index in [-0.39, 0.29) is 12.5 Å². The molecule has 0 unspecified atom stereocenters. The van der Waals surface area contributed by atoms with Crippen LogP contribution in [0.25, 0.3) is 5.70 Å². The van der Waals surface area contributed by atoms with E-state index < -0.39 is 0 Å². The van der Waals surface area contributed by atoms with Gasteiger partial charge in [0.05, 0.1) is 5.70 Å². The second-order valence-corrected chi connectivity index (χ2v) is 7.43. The fraction of sp³-hybridized carbons (Fsp3) is 0.200. The van der Waals surface area contributed by atoms with Crippen molar-refractivity contribution in [1.82, 2.24) is 4.90 Å². The normalized spacial score (nSPS) is 15.7. The lowest BCUT2D eigenvalue weighted by atomic mass is 10.1. The Hall–Kier alpha value is -2.44. The van der Waals surface area contributed by atoms with E-state index in [9.17, 15) is 4.79 Å². The number of nitrogens with one attached hydrogen (secondary N) is 1. The van der Waals surface area contributed by atoms with Gasteiger partial charge in [-0.15, -0.1) is 0 Å². The minimum atomic E-state index is -0.209. The second-order valence-electron chi connectivity index (χ2n) is 6.16. The molecule has 1 N–H and O–H groups in total. The molecule has 2 aliphatic rings. The number of amides is 1. The fourth-order valence-corrected chi connectivity index (χ4v) is 4.00. The molecule has 138 valence electrons. The number of halogens is 1. The minimum Gasteiger partial charge on any atom is -0.484 e. The lowest BCUT2D eigenvalue weighted by molar-refractivity contribution is -0.118. The van der Waals surface area contributed by atoms with Crippen molar-refractivity contribution >= 4 is 45.8 Å². The van der Waals surface area contributed by atoms with Gasteiger partial charge in [-0.2, -0.15) is 0 Å². The molecule has 2 aliphatic heterocycles.